The zero-order valence-electron chi connectivity index (χ0n) is 21.5. The monoisotopic (exact) mass is 505 g/mol. The first-order valence-corrected chi connectivity index (χ1v) is 12.6. The number of benzene rings is 3. The summed E-state index contributed by atoms with van der Waals surface area (Å²) in [7, 11) is 0. The van der Waals surface area contributed by atoms with E-state index in [0.29, 0.717) is 37.8 Å². The van der Waals surface area contributed by atoms with Gasteiger partial charge in [-0.3, -0.25) is 0 Å². The highest BCUT2D eigenvalue weighted by Crippen LogP contribution is 2.18. The number of nitrogens with zero attached hydrogens (tertiary/aromatic N) is 1. The largest absolute Gasteiger partial charge is 0.492 e. The molecule has 0 heterocycles. The maximum absolute atomic E-state index is 13.0. The second kappa shape index (κ2) is 14.7. The van der Waals surface area contributed by atoms with Gasteiger partial charge in [-0.15, -0.1) is 0 Å². The Morgan fingerprint density at radius 1 is 0.892 bits per heavy atom. The van der Waals surface area contributed by atoms with Crippen LogP contribution in [-0.4, -0.2) is 54.5 Å². The molecule has 0 bridgehead atoms. The molecule has 0 saturated heterocycles. The number of amides is 1. The first kappa shape index (κ1) is 27.7. The number of hydrogen-bond donors (Lipinski definition) is 1. The molecule has 1 unspecified atom stereocenters. The molecule has 7 heteroatoms. The predicted molar refractivity (Wildman–Crippen MR) is 142 cm³/mol. The van der Waals surface area contributed by atoms with Gasteiger partial charge in [0.05, 0.1) is 6.54 Å². The van der Waals surface area contributed by atoms with Gasteiger partial charge in [-0.1, -0.05) is 60.7 Å². The quantitative estimate of drug-likeness (QED) is 0.310. The number of carboxylic acid groups (broad SMARTS) is 1. The van der Waals surface area contributed by atoms with Crippen molar-refractivity contribution in [2.24, 2.45) is 0 Å². The van der Waals surface area contributed by atoms with Gasteiger partial charge in [-0.2, -0.15) is 0 Å². The minimum atomic E-state index is -0.980. The zero-order chi connectivity index (χ0) is 26.5. The van der Waals surface area contributed by atoms with Crippen molar-refractivity contribution in [2.45, 2.75) is 39.2 Å². The molecule has 0 fully saturated rings. The standard InChI is InChI=1S/C30H35NO6/c1-3-35-28(29(32)33)22-25-15-17-26(18-16-25)36-21-20-31(19-9-13-24-11-5-4-6-12-24)30(34)37-27-14-8-7-10-23(27)2/h4-8,10-12,14-18,28H,3,9,13,19-22H2,1-2H3,(H,32,33). The number of carboxylic acids is 1. The first-order valence-electron chi connectivity index (χ1n) is 12.6. The van der Waals surface area contributed by atoms with Crippen LogP contribution in [-0.2, 0) is 22.4 Å². The van der Waals surface area contributed by atoms with E-state index in [4.69, 9.17) is 14.2 Å². The Labute approximate surface area is 218 Å². The highest BCUT2D eigenvalue weighted by atomic mass is 16.6. The minimum Gasteiger partial charge on any atom is -0.492 e. The van der Waals surface area contributed by atoms with Gasteiger partial charge in [0.15, 0.2) is 6.10 Å². The Morgan fingerprint density at radius 3 is 2.27 bits per heavy atom. The third kappa shape index (κ3) is 9.28. The van der Waals surface area contributed by atoms with Gasteiger partial charge < -0.3 is 24.2 Å². The average molecular weight is 506 g/mol. The van der Waals surface area contributed by atoms with E-state index in [9.17, 15) is 14.7 Å². The molecule has 7 nitrogen and oxygen atoms in total. The van der Waals surface area contributed by atoms with E-state index < -0.39 is 18.2 Å². The van der Waals surface area contributed by atoms with Crippen molar-refractivity contribution in [3.8, 4) is 11.5 Å². The number of aryl methyl sites for hydroxylation is 2. The Hall–Kier alpha value is -3.84. The molecular weight excluding hydrogens is 470 g/mol. The van der Waals surface area contributed by atoms with Crippen molar-refractivity contribution < 1.29 is 28.9 Å². The van der Waals surface area contributed by atoms with Crippen molar-refractivity contribution in [1.29, 1.82) is 0 Å². The van der Waals surface area contributed by atoms with Gasteiger partial charge in [0.1, 0.15) is 18.1 Å². The van der Waals surface area contributed by atoms with Crippen LogP contribution in [0, 0.1) is 6.92 Å². The molecule has 1 amide bonds. The van der Waals surface area contributed by atoms with Crippen LogP contribution in [0.5, 0.6) is 11.5 Å². The fourth-order valence-corrected chi connectivity index (χ4v) is 3.87. The third-order valence-electron chi connectivity index (χ3n) is 5.90. The molecule has 0 aliphatic rings. The van der Waals surface area contributed by atoms with Gasteiger partial charge in [0.2, 0.25) is 0 Å². The van der Waals surface area contributed by atoms with E-state index in [1.165, 1.54) is 5.56 Å². The molecule has 1 N–H and O–H groups in total. The SMILES string of the molecule is CCOC(Cc1ccc(OCCN(CCCc2ccccc2)C(=O)Oc2ccccc2C)cc1)C(=O)O. The van der Waals surface area contributed by atoms with Crippen molar-refractivity contribution in [3.05, 3.63) is 95.6 Å². The maximum Gasteiger partial charge on any atom is 0.415 e. The second-order valence-electron chi connectivity index (χ2n) is 8.69. The summed E-state index contributed by atoms with van der Waals surface area (Å²) in [5, 5.41) is 9.28. The number of aliphatic carboxylic acids is 1. The third-order valence-corrected chi connectivity index (χ3v) is 5.90. The Bertz CT molecular complexity index is 1120. The number of hydrogen-bond acceptors (Lipinski definition) is 5. The molecular formula is C30H35NO6. The molecule has 0 aliphatic heterocycles. The maximum atomic E-state index is 13.0. The average Bonchev–Trinajstić information content (AvgIpc) is 2.90. The summed E-state index contributed by atoms with van der Waals surface area (Å²) >= 11 is 0. The van der Waals surface area contributed by atoms with Crippen LogP contribution in [0.3, 0.4) is 0 Å². The molecule has 0 aliphatic carbocycles. The van der Waals surface area contributed by atoms with Crippen LogP contribution in [0.4, 0.5) is 4.79 Å². The highest BCUT2D eigenvalue weighted by molar-refractivity contribution is 5.72. The lowest BCUT2D eigenvalue weighted by atomic mass is 10.1. The van der Waals surface area contributed by atoms with Crippen LogP contribution in [0.25, 0.3) is 0 Å². The topological polar surface area (TPSA) is 85.3 Å². The van der Waals surface area contributed by atoms with Gasteiger partial charge in [0, 0.05) is 19.6 Å². The number of para-hydroxylation sites is 1. The predicted octanol–water partition coefficient (Wildman–Crippen LogP) is 5.54. The Kier molecular flexibility index (Phi) is 11.0. The van der Waals surface area contributed by atoms with Gasteiger partial charge in [-0.25, -0.2) is 9.59 Å². The number of rotatable bonds is 14. The summed E-state index contributed by atoms with van der Waals surface area (Å²) in [6, 6.07) is 24.9. The summed E-state index contributed by atoms with van der Waals surface area (Å²) in [6.07, 6.45) is 0.656. The zero-order valence-corrected chi connectivity index (χ0v) is 21.5. The Balaban J connectivity index is 1.56. The molecule has 37 heavy (non-hydrogen) atoms. The molecule has 0 saturated carbocycles. The Morgan fingerprint density at radius 2 is 1.59 bits per heavy atom. The van der Waals surface area contributed by atoms with E-state index in [-0.39, 0.29) is 6.42 Å². The summed E-state index contributed by atoms with van der Waals surface area (Å²) < 4.78 is 16.8. The van der Waals surface area contributed by atoms with Crippen molar-refractivity contribution >= 4 is 12.1 Å². The van der Waals surface area contributed by atoms with Crippen LogP contribution in [0.2, 0.25) is 0 Å². The van der Waals surface area contributed by atoms with Gasteiger partial charge in [0.25, 0.3) is 0 Å². The number of carbonyl (C=O) groups is 2. The summed E-state index contributed by atoms with van der Waals surface area (Å²) in [5.41, 5.74) is 2.96. The number of ether oxygens (including phenoxy) is 3. The molecule has 0 radical (unpaired) electrons. The van der Waals surface area contributed by atoms with Crippen LogP contribution in [0.1, 0.15) is 30.0 Å². The molecule has 3 rings (SSSR count). The van der Waals surface area contributed by atoms with Crippen molar-refractivity contribution in [3.63, 3.8) is 0 Å². The fourth-order valence-electron chi connectivity index (χ4n) is 3.87. The van der Waals surface area contributed by atoms with Crippen LogP contribution in [0.15, 0.2) is 78.9 Å². The van der Waals surface area contributed by atoms with Crippen LogP contribution >= 0.6 is 0 Å². The summed E-state index contributed by atoms with van der Waals surface area (Å²) in [5.74, 6) is 0.208. The first-order chi connectivity index (χ1) is 18.0. The fraction of sp³-hybridized carbons (Fsp3) is 0.333. The van der Waals surface area contributed by atoms with E-state index in [1.807, 2.05) is 55.5 Å². The summed E-state index contributed by atoms with van der Waals surface area (Å²) in [4.78, 5) is 26.0. The molecule has 196 valence electrons. The molecule has 0 spiro atoms. The molecule has 1 atom stereocenters. The van der Waals surface area contributed by atoms with Crippen molar-refractivity contribution in [2.75, 3.05) is 26.3 Å². The lowest BCUT2D eigenvalue weighted by Crippen LogP contribution is -2.37. The minimum absolute atomic E-state index is 0.281. The molecule has 0 aromatic heterocycles. The summed E-state index contributed by atoms with van der Waals surface area (Å²) in [6.45, 7) is 5.22. The van der Waals surface area contributed by atoms with E-state index >= 15 is 0 Å². The second-order valence-corrected chi connectivity index (χ2v) is 8.69. The number of carbonyl (C=O) groups excluding carboxylic acids is 1. The molecule has 3 aromatic rings. The van der Waals surface area contributed by atoms with E-state index in [0.717, 1.165) is 24.0 Å². The lowest BCUT2D eigenvalue weighted by molar-refractivity contribution is -0.149. The smallest absolute Gasteiger partial charge is 0.415 e. The highest BCUT2D eigenvalue weighted by Gasteiger charge is 2.19. The molecule has 3 aromatic carbocycles. The van der Waals surface area contributed by atoms with Gasteiger partial charge >= 0.3 is 12.1 Å². The van der Waals surface area contributed by atoms with Crippen molar-refractivity contribution in [1.82, 2.24) is 4.90 Å². The van der Waals surface area contributed by atoms with Crippen LogP contribution < -0.4 is 9.47 Å². The van der Waals surface area contributed by atoms with Gasteiger partial charge in [-0.05, 0) is 61.6 Å². The normalized spacial score (nSPS) is 11.5. The van der Waals surface area contributed by atoms with E-state index in [2.05, 4.69) is 12.1 Å². The van der Waals surface area contributed by atoms with E-state index in [1.54, 1.807) is 30.0 Å². The lowest BCUT2D eigenvalue weighted by Gasteiger charge is -2.22.